The fourth-order valence-corrected chi connectivity index (χ4v) is 2.36. The van der Waals surface area contributed by atoms with E-state index >= 15 is 0 Å². The highest BCUT2D eigenvalue weighted by Crippen LogP contribution is 2.22. The van der Waals surface area contributed by atoms with Crippen molar-refractivity contribution in [2.75, 3.05) is 31.6 Å². The second-order valence-electron chi connectivity index (χ2n) is 5.59. The van der Waals surface area contributed by atoms with Crippen molar-refractivity contribution in [3.63, 3.8) is 0 Å². The number of anilines is 2. The molecule has 2 N–H and O–H groups in total. The van der Waals surface area contributed by atoms with Gasteiger partial charge in [-0.1, -0.05) is 13.8 Å². The van der Waals surface area contributed by atoms with Crippen molar-refractivity contribution >= 4 is 11.6 Å². The minimum absolute atomic E-state index is 0.137. The molecule has 0 radical (unpaired) electrons. The molecule has 0 amide bonds. The van der Waals surface area contributed by atoms with E-state index in [2.05, 4.69) is 34.0 Å². The Labute approximate surface area is 143 Å². The Balaban J connectivity index is 1.92. The Morgan fingerprint density at radius 1 is 1.04 bits per heavy atom. The molecule has 130 valence electrons. The number of nitrogens with zero attached hydrogens (tertiary/aromatic N) is 3. The molecule has 0 fully saturated rings. The standard InChI is InChI=1S/C18H26N4O2/c1-5-22(6-2)11-12-24-16-9-7-15(8-10-16)21-18-19-13(3)17(23)14(4)20-18/h7-10,23H,5-6,11-12H2,1-4H3,(H,19,20,21). The van der Waals surface area contributed by atoms with E-state index in [0.717, 1.165) is 31.1 Å². The van der Waals surface area contributed by atoms with Gasteiger partial charge in [-0.05, 0) is 51.2 Å². The van der Waals surface area contributed by atoms with E-state index < -0.39 is 0 Å². The van der Waals surface area contributed by atoms with Gasteiger partial charge in [0.2, 0.25) is 5.95 Å². The highest BCUT2D eigenvalue weighted by atomic mass is 16.5. The zero-order valence-corrected chi connectivity index (χ0v) is 14.8. The Bertz CT molecular complexity index is 632. The van der Waals surface area contributed by atoms with Crippen LogP contribution in [0.2, 0.25) is 0 Å². The number of ether oxygens (including phenoxy) is 1. The van der Waals surface area contributed by atoms with Crippen molar-refractivity contribution in [2.24, 2.45) is 0 Å². The molecule has 0 saturated heterocycles. The molecule has 24 heavy (non-hydrogen) atoms. The first kappa shape index (κ1) is 18.0. The lowest BCUT2D eigenvalue weighted by Gasteiger charge is -2.18. The van der Waals surface area contributed by atoms with Gasteiger partial charge in [-0.2, -0.15) is 0 Å². The third-order valence-corrected chi connectivity index (χ3v) is 3.91. The number of hydrogen-bond donors (Lipinski definition) is 2. The van der Waals surface area contributed by atoms with Gasteiger partial charge in [0.05, 0.1) is 11.4 Å². The largest absolute Gasteiger partial charge is 0.504 e. The van der Waals surface area contributed by atoms with Crippen molar-refractivity contribution in [1.82, 2.24) is 14.9 Å². The fraction of sp³-hybridized carbons (Fsp3) is 0.444. The molecule has 1 aromatic carbocycles. The van der Waals surface area contributed by atoms with E-state index in [-0.39, 0.29) is 5.75 Å². The highest BCUT2D eigenvalue weighted by Gasteiger charge is 2.07. The molecule has 0 aliphatic carbocycles. The van der Waals surface area contributed by atoms with Crippen LogP contribution in [-0.4, -0.2) is 46.2 Å². The molecular formula is C18H26N4O2. The van der Waals surface area contributed by atoms with Crippen LogP contribution >= 0.6 is 0 Å². The molecule has 2 aromatic rings. The monoisotopic (exact) mass is 330 g/mol. The molecular weight excluding hydrogens is 304 g/mol. The number of likely N-dealkylation sites (N-methyl/N-ethyl adjacent to an activating group) is 1. The van der Waals surface area contributed by atoms with E-state index in [4.69, 9.17) is 4.74 Å². The summed E-state index contributed by atoms with van der Waals surface area (Å²) in [6.07, 6.45) is 0. The van der Waals surface area contributed by atoms with Crippen LogP contribution < -0.4 is 10.1 Å². The molecule has 0 spiro atoms. The number of hydrogen-bond acceptors (Lipinski definition) is 6. The molecule has 0 unspecified atom stereocenters. The minimum Gasteiger partial charge on any atom is -0.504 e. The zero-order valence-electron chi connectivity index (χ0n) is 14.8. The van der Waals surface area contributed by atoms with Gasteiger partial charge in [-0.3, -0.25) is 0 Å². The fourth-order valence-electron chi connectivity index (χ4n) is 2.36. The maximum Gasteiger partial charge on any atom is 0.227 e. The molecule has 0 aliphatic rings. The number of aromatic nitrogens is 2. The third kappa shape index (κ3) is 4.83. The lowest BCUT2D eigenvalue weighted by Crippen LogP contribution is -2.27. The summed E-state index contributed by atoms with van der Waals surface area (Å²) in [5.41, 5.74) is 1.98. The Hall–Kier alpha value is -2.34. The van der Waals surface area contributed by atoms with Crippen LogP contribution in [0, 0.1) is 13.8 Å². The van der Waals surface area contributed by atoms with Gasteiger partial charge < -0.3 is 20.1 Å². The van der Waals surface area contributed by atoms with Gasteiger partial charge in [0.1, 0.15) is 12.4 Å². The van der Waals surface area contributed by atoms with Gasteiger partial charge in [0.25, 0.3) is 0 Å². The van der Waals surface area contributed by atoms with Crippen LogP contribution in [0.3, 0.4) is 0 Å². The van der Waals surface area contributed by atoms with Crippen molar-refractivity contribution in [1.29, 1.82) is 0 Å². The average molecular weight is 330 g/mol. The number of aromatic hydroxyl groups is 1. The van der Waals surface area contributed by atoms with Crippen molar-refractivity contribution in [3.05, 3.63) is 35.7 Å². The first-order valence-electron chi connectivity index (χ1n) is 8.30. The van der Waals surface area contributed by atoms with Crippen molar-refractivity contribution in [3.8, 4) is 11.5 Å². The normalized spacial score (nSPS) is 10.9. The van der Waals surface area contributed by atoms with Crippen molar-refractivity contribution in [2.45, 2.75) is 27.7 Å². The molecule has 0 aliphatic heterocycles. The summed E-state index contributed by atoms with van der Waals surface area (Å²) in [6.45, 7) is 11.5. The number of nitrogens with one attached hydrogen (secondary N) is 1. The predicted molar refractivity (Wildman–Crippen MR) is 96.2 cm³/mol. The molecule has 2 rings (SSSR count). The number of benzene rings is 1. The molecule has 6 nitrogen and oxygen atoms in total. The Morgan fingerprint density at radius 2 is 1.62 bits per heavy atom. The summed E-state index contributed by atoms with van der Waals surface area (Å²) < 4.78 is 5.77. The quantitative estimate of drug-likeness (QED) is 0.774. The Kier molecular flexibility index (Phi) is 6.37. The molecule has 0 bridgehead atoms. The summed E-state index contributed by atoms with van der Waals surface area (Å²) >= 11 is 0. The van der Waals surface area contributed by atoms with Crippen LogP contribution in [0.1, 0.15) is 25.2 Å². The molecule has 1 aromatic heterocycles. The summed E-state index contributed by atoms with van der Waals surface area (Å²) in [5, 5.41) is 12.9. The molecule has 1 heterocycles. The number of aryl methyl sites for hydroxylation is 2. The van der Waals surface area contributed by atoms with Crippen LogP contribution in [-0.2, 0) is 0 Å². The van der Waals surface area contributed by atoms with E-state index in [0.29, 0.717) is 23.9 Å². The van der Waals surface area contributed by atoms with E-state index in [1.165, 1.54) is 0 Å². The summed E-state index contributed by atoms with van der Waals surface area (Å²) in [5.74, 6) is 1.45. The Morgan fingerprint density at radius 3 is 2.17 bits per heavy atom. The molecule has 6 heteroatoms. The van der Waals surface area contributed by atoms with E-state index in [1.807, 2.05) is 24.3 Å². The highest BCUT2D eigenvalue weighted by molar-refractivity contribution is 5.55. The second kappa shape index (κ2) is 8.49. The van der Waals surface area contributed by atoms with Gasteiger partial charge in [-0.25, -0.2) is 9.97 Å². The molecule has 0 atom stereocenters. The van der Waals surface area contributed by atoms with Crippen LogP contribution in [0.15, 0.2) is 24.3 Å². The molecule has 0 saturated carbocycles. The smallest absolute Gasteiger partial charge is 0.227 e. The lowest BCUT2D eigenvalue weighted by atomic mass is 10.3. The second-order valence-corrected chi connectivity index (χ2v) is 5.59. The van der Waals surface area contributed by atoms with E-state index in [9.17, 15) is 5.11 Å². The van der Waals surface area contributed by atoms with Gasteiger partial charge in [0.15, 0.2) is 5.75 Å². The summed E-state index contributed by atoms with van der Waals surface area (Å²) in [4.78, 5) is 10.8. The zero-order chi connectivity index (χ0) is 17.5. The topological polar surface area (TPSA) is 70.5 Å². The predicted octanol–water partition coefficient (Wildman–Crippen LogP) is 3.26. The minimum atomic E-state index is 0.137. The van der Waals surface area contributed by atoms with E-state index in [1.54, 1.807) is 13.8 Å². The van der Waals surface area contributed by atoms with Gasteiger partial charge in [0, 0.05) is 12.2 Å². The van der Waals surface area contributed by atoms with Crippen molar-refractivity contribution < 1.29 is 9.84 Å². The van der Waals surface area contributed by atoms with Crippen LogP contribution in [0.4, 0.5) is 11.6 Å². The summed E-state index contributed by atoms with van der Waals surface area (Å²) in [6, 6.07) is 7.69. The first-order chi connectivity index (χ1) is 11.5. The third-order valence-electron chi connectivity index (χ3n) is 3.91. The maximum absolute atomic E-state index is 9.72. The van der Waals surface area contributed by atoms with Crippen LogP contribution in [0.5, 0.6) is 11.5 Å². The summed E-state index contributed by atoms with van der Waals surface area (Å²) in [7, 11) is 0. The SMILES string of the molecule is CCN(CC)CCOc1ccc(Nc2nc(C)c(O)c(C)n2)cc1. The van der Waals surface area contributed by atoms with Gasteiger partial charge in [-0.15, -0.1) is 0 Å². The maximum atomic E-state index is 9.72. The first-order valence-corrected chi connectivity index (χ1v) is 8.30. The number of rotatable bonds is 8. The van der Waals surface area contributed by atoms with Crippen LogP contribution in [0.25, 0.3) is 0 Å². The average Bonchev–Trinajstić information content (AvgIpc) is 2.58. The lowest BCUT2D eigenvalue weighted by molar-refractivity contribution is 0.223. The van der Waals surface area contributed by atoms with Gasteiger partial charge >= 0.3 is 0 Å².